The number of azo groups is 2. The second-order valence-electron chi connectivity index (χ2n) is 13.6. The van der Waals surface area contributed by atoms with Crippen molar-refractivity contribution in [2.24, 2.45) is 20.5 Å². The van der Waals surface area contributed by atoms with Crippen molar-refractivity contribution >= 4 is 102 Å². The quantitative estimate of drug-likeness (QED) is 0.0302. The summed E-state index contributed by atoms with van der Waals surface area (Å²) in [5, 5.41) is 71.9. The van der Waals surface area contributed by atoms with Gasteiger partial charge < -0.3 is 54.4 Å². The molecule has 0 aliphatic carbocycles. The molecule has 26 nitrogen and oxygen atoms in total. The molecule has 0 fully saturated rings. The number of phenols is 4. The molecule has 0 saturated heterocycles. The SMILES string of the molecule is O=S(=O)([O-])c1ccc(N=Nc2c(S(=O)(=O)[O-])cc3cc(Nc4nc(NCCO)nc(-c5ccc6c(O)c(N=Nc7ccc(S(=O)(=O)[O-])cc7O)c(S(=O)(=O)[O-])cc6c5)n4)ccc3c2O)c(O)c1.[Cu].[Cu].[Na+].[Na+].[Na+].[Na+]. The van der Waals surface area contributed by atoms with Crippen molar-refractivity contribution in [1.82, 2.24) is 15.0 Å². The number of benzene rings is 6. The molecule has 0 atom stereocenters. The van der Waals surface area contributed by atoms with Gasteiger partial charge in [-0.25, -0.2) is 33.7 Å². The predicted octanol–water partition coefficient (Wildman–Crippen LogP) is -7.73. The molecule has 1 aromatic heterocycles. The molecule has 0 amide bonds. The van der Waals surface area contributed by atoms with E-state index < -0.39 is 106 Å². The summed E-state index contributed by atoms with van der Waals surface area (Å²) in [6.07, 6.45) is 0. The molecular weight excluding hydrogens is 1190 g/mol. The van der Waals surface area contributed by atoms with Crippen molar-refractivity contribution in [3.8, 4) is 34.4 Å². The molecule has 0 unspecified atom stereocenters. The van der Waals surface area contributed by atoms with Gasteiger partial charge in [-0.1, -0.05) is 6.07 Å². The summed E-state index contributed by atoms with van der Waals surface area (Å²) in [7, 11) is -20.8. The Labute approximate surface area is 523 Å². The van der Waals surface area contributed by atoms with Crippen LogP contribution in [-0.4, -0.2) is 106 Å². The van der Waals surface area contributed by atoms with E-state index in [2.05, 4.69) is 46.0 Å². The minimum Gasteiger partial charge on any atom is -0.744 e. The van der Waals surface area contributed by atoms with Crippen LogP contribution in [0.25, 0.3) is 32.9 Å². The maximum Gasteiger partial charge on any atom is 1.00 e. The Bertz CT molecular complexity index is 3760. The van der Waals surface area contributed by atoms with E-state index in [4.69, 9.17) is 0 Å². The molecular formula is C37H25Cu2N9Na4O17S4. The second-order valence-corrected chi connectivity index (χ2v) is 19.1. The van der Waals surface area contributed by atoms with Crippen molar-refractivity contribution in [3.63, 3.8) is 0 Å². The van der Waals surface area contributed by atoms with Crippen LogP contribution >= 0.6 is 0 Å². The van der Waals surface area contributed by atoms with Crippen LogP contribution in [0.4, 0.5) is 40.3 Å². The molecule has 73 heavy (non-hydrogen) atoms. The average molecular weight is 1210 g/mol. The Morgan fingerprint density at radius 2 is 0.945 bits per heavy atom. The van der Waals surface area contributed by atoms with E-state index in [1.165, 1.54) is 36.4 Å². The van der Waals surface area contributed by atoms with Gasteiger partial charge in [0, 0.05) is 62.7 Å². The summed E-state index contributed by atoms with van der Waals surface area (Å²) >= 11 is 0. The van der Waals surface area contributed by atoms with Gasteiger partial charge in [-0.05, 0) is 89.6 Å². The summed E-state index contributed by atoms with van der Waals surface area (Å²) < 4.78 is 142. The first-order chi connectivity index (χ1) is 31.3. The van der Waals surface area contributed by atoms with Crippen LogP contribution < -0.4 is 129 Å². The van der Waals surface area contributed by atoms with Gasteiger partial charge in [0.25, 0.3) is 0 Å². The predicted molar refractivity (Wildman–Crippen MR) is 225 cm³/mol. The first-order valence-electron chi connectivity index (χ1n) is 18.1. The topological polar surface area (TPSA) is 442 Å². The van der Waals surface area contributed by atoms with E-state index in [9.17, 15) is 77.4 Å². The molecule has 2 radical (unpaired) electrons. The third-order valence-electron chi connectivity index (χ3n) is 9.17. The van der Waals surface area contributed by atoms with Crippen molar-refractivity contribution in [2.75, 3.05) is 23.8 Å². The second kappa shape index (κ2) is 27.2. The minimum atomic E-state index is -5.42. The van der Waals surface area contributed by atoms with Gasteiger partial charge in [0.15, 0.2) is 17.3 Å². The van der Waals surface area contributed by atoms with Crippen LogP contribution in [0.2, 0.25) is 0 Å². The first-order valence-corrected chi connectivity index (χ1v) is 23.8. The number of aliphatic hydroxyl groups is 1. The van der Waals surface area contributed by atoms with E-state index in [0.717, 1.165) is 36.4 Å². The summed E-state index contributed by atoms with van der Waals surface area (Å²) in [6.45, 7) is -0.442. The van der Waals surface area contributed by atoms with Crippen molar-refractivity contribution in [1.29, 1.82) is 0 Å². The number of rotatable bonds is 14. The first kappa shape index (κ1) is 68.5. The Balaban J connectivity index is 0.00000444. The smallest absolute Gasteiger partial charge is 0.744 e. The number of hydrogen-bond acceptors (Lipinski definition) is 26. The molecule has 7 aromatic rings. The number of fused-ring (bicyclic) bond motifs is 2. The minimum absolute atomic E-state index is 0. The van der Waals surface area contributed by atoms with Crippen molar-refractivity contribution < 1.29 is 230 Å². The van der Waals surface area contributed by atoms with Gasteiger partial charge in [-0.3, -0.25) is 0 Å². The number of anilines is 3. The van der Waals surface area contributed by atoms with E-state index >= 15 is 0 Å². The fourth-order valence-corrected chi connectivity index (χ4v) is 8.40. The summed E-state index contributed by atoms with van der Waals surface area (Å²) in [5.41, 5.74) is -2.39. The van der Waals surface area contributed by atoms with Crippen LogP contribution in [0.5, 0.6) is 23.0 Å². The molecule has 6 aromatic carbocycles. The maximum atomic E-state index is 12.4. The van der Waals surface area contributed by atoms with Gasteiger partial charge >= 0.3 is 118 Å². The normalized spacial score (nSPS) is 11.6. The molecule has 0 saturated carbocycles. The third kappa shape index (κ3) is 16.3. The molecule has 0 spiro atoms. The number of aromatic hydroxyl groups is 4. The molecule has 370 valence electrons. The number of aliphatic hydroxyl groups excluding tert-OH is 1. The Hall–Kier alpha value is -2.51. The number of nitrogens with zero attached hydrogens (tertiary/aromatic N) is 7. The van der Waals surface area contributed by atoms with Crippen LogP contribution in [0, 0.1) is 0 Å². The van der Waals surface area contributed by atoms with E-state index in [0.29, 0.717) is 12.1 Å². The van der Waals surface area contributed by atoms with E-state index in [1.807, 2.05) is 0 Å². The third-order valence-corrected chi connectivity index (χ3v) is 12.5. The van der Waals surface area contributed by atoms with E-state index in [-0.39, 0.29) is 216 Å². The van der Waals surface area contributed by atoms with Crippen molar-refractivity contribution in [3.05, 3.63) is 84.9 Å². The molecule has 7 N–H and O–H groups in total. The maximum absolute atomic E-state index is 12.4. The molecule has 36 heteroatoms. The van der Waals surface area contributed by atoms with Gasteiger partial charge in [0.2, 0.25) is 11.9 Å². The summed E-state index contributed by atoms with van der Waals surface area (Å²) in [5.74, 6) is -3.89. The van der Waals surface area contributed by atoms with Gasteiger partial charge in [-0.2, -0.15) is 15.0 Å². The molecule has 0 bridgehead atoms. The molecule has 1 heterocycles. The number of aromatic nitrogens is 3. The number of phenolic OH excluding ortho intramolecular Hbond substituents is 4. The van der Waals surface area contributed by atoms with Crippen LogP contribution in [0.15, 0.2) is 125 Å². The monoisotopic (exact) mass is 1210 g/mol. The summed E-state index contributed by atoms with van der Waals surface area (Å²) in [4.78, 5) is 9.18. The average Bonchev–Trinajstić information content (AvgIpc) is 3.24. The van der Waals surface area contributed by atoms with Crippen molar-refractivity contribution in [2.45, 2.75) is 19.6 Å². The largest absolute Gasteiger partial charge is 1.00 e. The van der Waals surface area contributed by atoms with Gasteiger partial charge in [0.1, 0.15) is 74.7 Å². The standard InChI is InChI=1S/C37H29N9O17S4.2Cu.4Na/c47-10-9-38-36-40-35(17-1-5-23-18(11-17)13-29(66(58,59)60)31(33(23)50)45-43-25-7-3-21(15-27(25)48)64(52,53)54)41-37(42-36)39-20-2-6-24-19(12-20)14-30(67(61,62)63)32(34(24)51)46-44-26-8-4-22(16-28(26)49)65(55,56)57;;;;;;/h1-8,11-16,47-51H,9-10H2,(H,52,53,54)(H,55,56,57)(H,58,59,60)(H,61,62,63)(H2,38,39,40,41,42);;;;;;/q;;;4*+1/p-4. The van der Waals surface area contributed by atoms with Crippen LogP contribution in [-0.2, 0) is 74.6 Å². The van der Waals surface area contributed by atoms with Gasteiger partial charge in [0.05, 0.1) is 26.2 Å². The Morgan fingerprint density at radius 1 is 0.507 bits per heavy atom. The zero-order valence-electron chi connectivity index (χ0n) is 37.5. The zero-order valence-corrected chi connectivity index (χ0v) is 50.6. The fraction of sp³-hybridized carbons (Fsp3) is 0.0541. The Morgan fingerprint density at radius 3 is 1.37 bits per heavy atom. The van der Waals surface area contributed by atoms with Gasteiger partial charge in [-0.15, -0.1) is 20.5 Å². The Kier molecular flexibility index (Phi) is 25.5. The van der Waals surface area contributed by atoms with Crippen LogP contribution in [0.1, 0.15) is 0 Å². The molecule has 0 aliphatic rings. The molecule has 7 rings (SSSR count). The molecule has 0 aliphatic heterocycles. The fourth-order valence-electron chi connectivity index (χ4n) is 6.13. The zero-order chi connectivity index (χ0) is 48.8. The summed E-state index contributed by atoms with van der Waals surface area (Å²) in [6, 6.07) is 14.0. The number of hydrogen-bond donors (Lipinski definition) is 7. The van der Waals surface area contributed by atoms with Crippen LogP contribution in [0.3, 0.4) is 0 Å². The number of nitrogens with one attached hydrogen (secondary N) is 2. The van der Waals surface area contributed by atoms with E-state index in [1.54, 1.807) is 0 Å².